The zero-order valence-corrected chi connectivity index (χ0v) is 46.7. The van der Waals surface area contributed by atoms with Crippen molar-refractivity contribution in [2.24, 2.45) is 11.7 Å². The van der Waals surface area contributed by atoms with Crippen molar-refractivity contribution >= 4 is 93.5 Å². The molecule has 0 aliphatic carbocycles. The molecule has 8 N–H and O–H groups in total. The van der Waals surface area contributed by atoms with E-state index in [1.54, 1.807) is 40.9 Å². The van der Waals surface area contributed by atoms with Gasteiger partial charge < -0.3 is 51.1 Å². The first-order chi connectivity index (χ1) is 38.6. The molecule has 4 saturated heterocycles. The highest BCUT2D eigenvalue weighted by atomic mass is 32.1. The number of nitrogens with zero attached hydrogens (tertiary/aromatic N) is 4. The second kappa shape index (κ2) is 24.6. The molecule has 26 heteroatoms. The summed E-state index contributed by atoms with van der Waals surface area (Å²) in [6.45, 7) is 1.62. The van der Waals surface area contributed by atoms with Gasteiger partial charge in [0.2, 0.25) is 41.4 Å². The number of rotatable bonds is 17. The van der Waals surface area contributed by atoms with Crippen molar-refractivity contribution in [1.29, 1.82) is 0 Å². The maximum atomic E-state index is 14.6. The Bertz CT molecular complexity index is 3260. The molecule has 2 aromatic heterocycles. The summed E-state index contributed by atoms with van der Waals surface area (Å²) in [4.78, 5) is 146. The minimum absolute atomic E-state index is 0.0336. The lowest BCUT2D eigenvalue weighted by Gasteiger charge is -2.38. The summed E-state index contributed by atoms with van der Waals surface area (Å²) >= 11 is 2.26. The quantitative estimate of drug-likeness (QED) is 0.0343. The molecule has 4 aromatic rings. The predicted molar refractivity (Wildman–Crippen MR) is 293 cm³/mol. The van der Waals surface area contributed by atoms with Crippen LogP contribution in [0.15, 0.2) is 59.3 Å². The highest BCUT2D eigenvalue weighted by Crippen LogP contribution is 2.59. The van der Waals surface area contributed by atoms with Gasteiger partial charge in [0.05, 0.1) is 4.88 Å². The molecule has 0 saturated carbocycles. The number of nitrogens with one attached hydrogen (secondary N) is 4. The number of hydrogen-bond acceptors (Lipinski definition) is 13. The first-order valence-corrected chi connectivity index (χ1v) is 30.2. The summed E-state index contributed by atoms with van der Waals surface area (Å²) in [5, 5.41) is 14.3. The van der Waals surface area contributed by atoms with E-state index < -0.39 is 90.5 Å². The van der Waals surface area contributed by atoms with E-state index >= 15 is 0 Å². The van der Waals surface area contributed by atoms with Crippen molar-refractivity contribution in [3.63, 3.8) is 0 Å². The molecule has 2 aromatic carbocycles. The molecular weight excluding hydrogens is 1110 g/mol. The van der Waals surface area contributed by atoms with E-state index in [0.717, 1.165) is 41.9 Å². The van der Waals surface area contributed by atoms with Crippen LogP contribution in [-0.2, 0) is 50.3 Å². The number of unbranched alkanes of at least 4 members (excludes halogenated alkanes) is 1. The molecule has 6 atom stereocenters. The summed E-state index contributed by atoms with van der Waals surface area (Å²) in [6, 6.07) is 5.43. The number of carbonyl (C=O) groups excluding carboxylic acids is 9. The lowest BCUT2D eigenvalue weighted by atomic mass is 9.91. The first kappa shape index (κ1) is 58.7. The second-order valence-electron chi connectivity index (χ2n) is 21.3. The molecule has 9 rings (SSSR count). The maximum absolute atomic E-state index is 14.6. The van der Waals surface area contributed by atoms with Crippen molar-refractivity contribution in [3.05, 3.63) is 92.0 Å². The van der Waals surface area contributed by atoms with Crippen LogP contribution < -0.4 is 27.0 Å². The van der Waals surface area contributed by atoms with Crippen molar-refractivity contribution in [3.8, 4) is 11.8 Å². The maximum Gasteiger partial charge on any atom is 0.399 e. The van der Waals surface area contributed by atoms with Crippen LogP contribution in [0.3, 0.4) is 0 Å². The Morgan fingerprint density at radius 1 is 0.963 bits per heavy atom. The Morgan fingerprint density at radius 3 is 2.46 bits per heavy atom. The Hall–Kier alpha value is -6.94. The minimum Gasteiger partial charge on any atom is -0.370 e. The van der Waals surface area contributed by atoms with Gasteiger partial charge in [-0.05, 0) is 141 Å². The highest BCUT2D eigenvalue weighted by molar-refractivity contribution is 7.52. The van der Waals surface area contributed by atoms with E-state index in [9.17, 15) is 66.3 Å². The Balaban J connectivity index is 0.806. The summed E-state index contributed by atoms with van der Waals surface area (Å²) in [7, 11) is -4.09. The highest BCUT2D eigenvalue weighted by Gasteiger charge is 2.51. The Kier molecular flexibility index (Phi) is 17.9. The van der Waals surface area contributed by atoms with Crippen molar-refractivity contribution in [2.45, 2.75) is 126 Å². The molecule has 81 heavy (non-hydrogen) atoms. The van der Waals surface area contributed by atoms with Crippen LogP contribution in [0.25, 0.3) is 10.1 Å². The van der Waals surface area contributed by atoms with Gasteiger partial charge in [0.25, 0.3) is 11.8 Å². The number of amides is 9. The van der Waals surface area contributed by atoms with Gasteiger partial charge in [0.15, 0.2) is 0 Å². The standard InChI is InChI=1S/C55H62F2N9O12PS2/c1-63-22-20-36-11-13-42(66(36)53(74)40(29-63)60-51(72)44-27-34-26-35(10-15-43(34)81-44)55(56,57)79(76,77)78)50(71)59-39(12-16-45(58)67)48(69)62-47(33-21-25-80-30-33)54(75)64-23-18-31(19-24-64)6-3-2-4-7-32-8-5-9-37-38(32)28-65(52(37)73)41-14-17-46(68)61-49(41)70/h5,8-10,15,21,25-27,30-31,36,39-42,47H,2-3,6,11-14,16-20,22-24,28-29H2,1H3,(H2,58,67)(H,59,71)(H,60,72)(H,62,69)(H,61,68,70)(H2,76,77,78)/t36-,39?,40+,41?,42+,47?/m1/s1. The number of imide groups is 1. The third-order valence-corrected chi connectivity index (χ3v) is 18.6. The van der Waals surface area contributed by atoms with Gasteiger partial charge in [0, 0.05) is 72.9 Å². The zero-order valence-electron chi connectivity index (χ0n) is 44.2. The average molecular weight is 1170 g/mol. The summed E-state index contributed by atoms with van der Waals surface area (Å²) in [5.41, 5.74) is 2.63. The third-order valence-electron chi connectivity index (χ3n) is 15.8. The number of carbonyl (C=O) groups is 9. The van der Waals surface area contributed by atoms with E-state index in [1.165, 1.54) is 33.3 Å². The lowest BCUT2D eigenvalue weighted by Crippen LogP contribution is -2.61. The normalized spacial score (nSPS) is 21.7. The number of likely N-dealkylation sites (N-methyl/N-ethyl adjacent to an activating group) is 1. The largest absolute Gasteiger partial charge is 0.399 e. The van der Waals surface area contributed by atoms with Gasteiger partial charge >= 0.3 is 13.3 Å². The van der Waals surface area contributed by atoms with E-state index in [0.29, 0.717) is 79.0 Å². The number of primary amides is 1. The Labute approximate surface area is 472 Å². The topological polar surface area (TPSA) is 298 Å². The van der Waals surface area contributed by atoms with Gasteiger partial charge in [-0.25, -0.2) is 0 Å². The number of halogens is 2. The van der Waals surface area contributed by atoms with Gasteiger partial charge in [-0.3, -0.25) is 53.0 Å². The molecule has 3 unspecified atom stereocenters. The average Bonchev–Trinajstić information content (AvgIpc) is 4.45. The predicted octanol–water partition coefficient (Wildman–Crippen LogP) is 3.81. The number of alkyl halides is 2. The first-order valence-electron chi connectivity index (χ1n) is 26.8. The molecule has 5 aliphatic rings. The smallest absolute Gasteiger partial charge is 0.370 e. The molecule has 21 nitrogen and oxygen atoms in total. The van der Waals surface area contributed by atoms with Crippen molar-refractivity contribution in [1.82, 2.24) is 40.9 Å². The minimum atomic E-state index is -5.86. The fourth-order valence-electron chi connectivity index (χ4n) is 11.4. The summed E-state index contributed by atoms with van der Waals surface area (Å²) < 4.78 is 41.0. The fourth-order valence-corrected chi connectivity index (χ4v) is 13.5. The number of fused-ring (bicyclic) bond motifs is 3. The molecule has 430 valence electrons. The number of thiophene rings is 2. The molecule has 7 heterocycles. The Morgan fingerprint density at radius 2 is 1.74 bits per heavy atom. The van der Waals surface area contributed by atoms with E-state index in [-0.39, 0.29) is 73.2 Å². The SMILES string of the molecule is CN1CC[C@H]2CC[C@@H](C(=O)NC(CCC(N)=O)C(=O)NC(C(=O)N3CCC(CCCC#Cc4cccc5c4CN(C4CCC(=O)NC4=O)C5=O)CC3)c3ccsc3)N2C(=O)[C@@H](NC(=O)c2cc3cc(C(F)(F)P(=O)(O)O)ccc3s2)C1. The number of nitrogens with two attached hydrogens (primary N) is 1. The molecule has 5 aliphatic heterocycles. The van der Waals surface area contributed by atoms with Gasteiger partial charge in [-0.1, -0.05) is 24.0 Å². The van der Waals surface area contributed by atoms with Gasteiger partial charge in [0.1, 0.15) is 30.2 Å². The van der Waals surface area contributed by atoms with Crippen LogP contribution in [0.1, 0.15) is 125 Å². The molecule has 9 amide bonds. The van der Waals surface area contributed by atoms with Crippen LogP contribution in [0.2, 0.25) is 0 Å². The molecule has 0 bridgehead atoms. The molecular formula is C55H62F2N9O12PS2. The van der Waals surface area contributed by atoms with E-state index in [2.05, 4.69) is 33.1 Å². The van der Waals surface area contributed by atoms with Crippen LogP contribution in [0.5, 0.6) is 0 Å². The monoisotopic (exact) mass is 1170 g/mol. The van der Waals surface area contributed by atoms with Crippen LogP contribution in [0, 0.1) is 17.8 Å². The van der Waals surface area contributed by atoms with Gasteiger partial charge in [-0.15, -0.1) is 11.3 Å². The van der Waals surface area contributed by atoms with Crippen LogP contribution >= 0.6 is 30.3 Å². The van der Waals surface area contributed by atoms with Crippen molar-refractivity contribution < 1.29 is 66.3 Å². The molecule has 0 radical (unpaired) electrons. The molecule has 0 spiro atoms. The number of benzene rings is 2. The summed E-state index contributed by atoms with van der Waals surface area (Å²) in [5.74, 6) is 1.88. The second-order valence-corrected chi connectivity index (χ2v) is 24.8. The number of piperidine rings is 2. The van der Waals surface area contributed by atoms with E-state index in [4.69, 9.17) is 5.73 Å². The van der Waals surface area contributed by atoms with E-state index in [1.807, 2.05) is 11.0 Å². The fraction of sp³-hybridized carbons (Fsp3) is 0.473. The van der Waals surface area contributed by atoms with Crippen molar-refractivity contribution in [2.75, 3.05) is 33.2 Å². The van der Waals surface area contributed by atoms with Crippen LogP contribution in [-0.4, -0.2) is 146 Å². The number of likely N-dealkylation sites (tertiary alicyclic amines) is 1. The summed E-state index contributed by atoms with van der Waals surface area (Å²) in [6.07, 6.45) is 4.73. The van der Waals surface area contributed by atoms with Gasteiger partial charge in [-0.2, -0.15) is 20.1 Å². The lowest BCUT2D eigenvalue weighted by molar-refractivity contribution is -0.144. The number of hydrogen-bond donors (Lipinski definition) is 7. The third kappa shape index (κ3) is 13.1. The van der Waals surface area contributed by atoms with Crippen LogP contribution in [0.4, 0.5) is 8.78 Å². The molecule has 4 fully saturated rings. The zero-order chi connectivity index (χ0) is 57.9.